The first-order valence-corrected chi connectivity index (χ1v) is 15.3. The maximum atomic E-state index is 12.8. The van der Waals surface area contributed by atoms with Crippen LogP contribution in [0.15, 0.2) is 88.9 Å². The van der Waals surface area contributed by atoms with E-state index in [9.17, 15) is 18.3 Å². The molecule has 0 saturated heterocycles. The number of fused-ring (bicyclic) bond motifs is 1. The van der Waals surface area contributed by atoms with Crippen LogP contribution >= 0.6 is 0 Å². The molecule has 0 atom stereocenters. The predicted molar refractivity (Wildman–Crippen MR) is 168 cm³/mol. The molecule has 0 saturated carbocycles. The number of phenolic OH excluding ortho intramolecular Hbond substituents is 1. The summed E-state index contributed by atoms with van der Waals surface area (Å²) >= 11 is 0. The van der Waals surface area contributed by atoms with Crippen molar-refractivity contribution in [3.63, 3.8) is 0 Å². The van der Waals surface area contributed by atoms with Gasteiger partial charge < -0.3 is 9.29 Å². The number of nitrogens with one attached hydrogen (secondary N) is 1. The van der Waals surface area contributed by atoms with E-state index in [1.807, 2.05) is 36.4 Å². The highest BCUT2D eigenvalue weighted by atomic mass is 32.2. The Bertz CT molecular complexity index is 1690. The number of hydrogen-bond acceptors (Lipinski definition) is 6. The number of aryl methyl sites for hydroxylation is 1. The monoisotopic (exact) mass is 586 g/mol. The summed E-state index contributed by atoms with van der Waals surface area (Å²) in [7, 11) is -4.00. The van der Waals surface area contributed by atoms with Crippen molar-refractivity contribution in [1.82, 2.24) is 5.43 Å². The Morgan fingerprint density at radius 2 is 1.45 bits per heavy atom. The van der Waals surface area contributed by atoms with Crippen molar-refractivity contribution in [2.45, 2.75) is 70.1 Å². The zero-order valence-electron chi connectivity index (χ0n) is 24.9. The van der Waals surface area contributed by atoms with Crippen LogP contribution in [0.4, 0.5) is 0 Å². The van der Waals surface area contributed by atoms with Crippen LogP contribution < -0.4 is 9.61 Å². The molecule has 0 aliphatic heterocycles. The maximum Gasteiger partial charge on any atom is 0.339 e. The van der Waals surface area contributed by atoms with Crippen LogP contribution in [0.25, 0.3) is 10.8 Å². The molecule has 2 N–H and O–H groups in total. The van der Waals surface area contributed by atoms with Gasteiger partial charge in [-0.1, -0.05) is 84.0 Å². The Balaban J connectivity index is 1.35. The van der Waals surface area contributed by atoms with Crippen LogP contribution in [-0.4, -0.2) is 25.6 Å². The Labute approximate surface area is 248 Å². The van der Waals surface area contributed by atoms with Gasteiger partial charge in [0, 0.05) is 6.42 Å². The molecule has 0 heterocycles. The molecule has 1 amide bonds. The second-order valence-electron chi connectivity index (χ2n) is 12.4. The first-order chi connectivity index (χ1) is 19.6. The zero-order valence-corrected chi connectivity index (χ0v) is 25.7. The van der Waals surface area contributed by atoms with Crippen LogP contribution in [0, 0.1) is 0 Å². The van der Waals surface area contributed by atoms with Gasteiger partial charge in [-0.3, -0.25) is 4.79 Å². The lowest BCUT2D eigenvalue weighted by molar-refractivity contribution is -0.121. The quantitative estimate of drug-likeness (QED) is 0.132. The van der Waals surface area contributed by atoms with Gasteiger partial charge in [-0.15, -0.1) is 0 Å². The van der Waals surface area contributed by atoms with E-state index in [2.05, 4.69) is 52.1 Å². The van der Waals surface area contributed by atoms with E-state index in [4.69, 9.17) is 4.18 Å². The van der Waals surface area contributed by atoms with Gasteiger partial charge in [-0.2, -0.15) is 13.5 Å². The Kier molecular flexibility index (Phi) is 8.78. The highest BCUT2D eigenvalue weighted by molar-refractivity contribution is 7.87. The highest BCUT2D eigenvalue weighted by Crippen LogP contribution is 2.40. The van der Waals surface area contributed by atoms with E-state index >= 15 is 0 Å². The second kappa shape index (κ2) is 12.0. The maximum absolute atomic E-state index is 12.8. The molecule has 220 valence electrons. The van der Waals surface area contributed by atoms with Crippen LogP contribution in [0.5, 0.6) is 11.5 Å². The van der Waals surface area contributed by atoms with Gasteiger partial charge in [0.15, 0.2) is 0 Å². The molecule has 4 aromatic rings. The van der Waals surface area contributed by atoms with Gasteiger partial charge in [-0.25, -0.2) is 5.43 Å². The number of carbonyl (C=O) groups excluding carboxylic acids is 1. The number of benzene rings is 4. The molecule has 7 nitrogen and oxygen atoms in total. The Morgan fingerprint density at radius 3 is 2.05 bits per heavy atom. The molecule has 0 spiro atoms. The molecule has 42 heavy (non-hydrogen) atoms. The minimum absolute atomic E-state index is 0.0751. The molecule has 0 aliphatic rings. The summed E-state index contributed by atoms with van der Waals surface area (Å²) in [6.07, 6.45) is 2.22. The minimum atomic E-state index is -4.00. The first kappa shape index (κ1) is 30.8. The standard InChI is InChI=1S/C34H38N2O5S/c1-33(2,3)29-19-24(20-30(32(29)38)34(4,5)6)13-18-31(37)36-35-22-23-11-15-27(16-12-23)41-42(39,40)28-17-14-25-9-7-8-10-26(25)21-28/h7-12,14-17,19-22,38H,13,18H2,1-6H3,(H,36,37)/b35-22-. The summed E-state index contributed by atoms with van der Waals surface area (Å²) in [6.45, 7) is 12.3. The lowest BCUT2D eigenvalue weighted by Gasteiger charge is -2.28. The number of hydrogen-bond donors (Lipinski definition) is 2. The molecule has 0 bridgehead atoms. The fraction of sp³-hybridized carbons (Fsp3) is 0.294. The number of aromatic hydroxyl groups is 1. The highest BCUT2D eigenvalue weighted by Gasteiger charge is 2.26. The molecule has 4 aromatic carbocycles. The van der Waals surface area contributed by atoms with Gasteiger partial charge in [0.1, 0.15) is 16.4 Å². The summed E-state index contributed by atoms with van der Waals surface area (Å²) in [5, 5.41) is 16.7. The molecule has 0 aliphatic carbocycles. The van der Waals surface area contributed by atoms with Crippen LogP contribution in [0.1, 0.15) is 70.2 Å². The molecular weight excluding hydrogens is 548 g/mol. The zero-order chi connectivity index (χ0) is 30.7. The number of nitrogens with zero attached hydrogens (tertiary/aromatic N) is 1. The fourth-order valence-corrected chi connectivity index (χ4v) is 5.55. The van der Waals surface area contributed by atoms with Crippen molar-refractivity contribution in [2.75, 3.05) is 0 Å². The van der Waals surface area contributed by atoms with E-state index in [1.54, 1.807) is 24.3 Å². The largest absolute Gasteiger partial charge is 0.507 e. The number of phenols is 1. The van der Waals surface area contributed by atoms with Gasteiger partial charge in [0.25, 0.3) is 0 Å². The van der Waals surface area contributed by atoms with Gasteiger partial charge >= 0.3 is 10.1 Å². The summed E-state index contributed by atoms with van der Waals surface area (Å²) in [5.74, 6) is 0.244. The van der Waals surface area contributed by atoms with E-state index < -0.39 is 10.1 Å². The van der Waals surface area contributed by atoms with E-state index in [0.717, 1.165) is 27.5 Å². The Morgan fingerprint density at radius 1 is 0.857 bits per heavy atom. The van der Waals surface area contributed by atoms with Crippen molar-refractivity contribution < 1.29 is 22.5 Å². The van der Waals surface area contributed by atoms with Crippen molar-refractivity contribution in [1.29, 1.82) is 0 Å². The number of hydrazone groups is 1. The van der Waals surface area contributed by atoms with Crippen molar-refractivity contribution >= 4 is 33.0 Å². The average molecular weight is 587 g/mol. The summed E-state index contributed by atoms with van der Waals surface area (Å²) in [6, 6.07) is 22.7. The van der Waals surface area contributed by atoms with E-state index in [1.165, 1.54) is 24.4 Å². The molecule has 4 rings (SSSR count). The molecule has 8 heteroatoms. The van der Waals surface area contributed by atoms with Crippen LogP contribution in [0.3, 0.4) is 0 Å². The molecule has 0 fully saturated rings. The third-order valence-electron chi connectivity index (χ3n) is 6.92. The second-order valence-corrected chi connectivity index (χ2v) is 14.0. The lowest BCUT2D eigenvalue weighted by atomic mass is 9.78. The first-order valence-electron chi connectivity index (χ1n) is 13.9. The van der Waals surface area contributed by atoms with Gasteiger partial charge in [-0.05, 0) is 86.7 Å². The van der Waals surface area contributed by atoms with Crippen molar-refractivity contribution in [2.24, 2.45) is 5.10 Å². The fourth-order valence-electron chi connectivity index (χ4n) is 4.58. The molecular formula is C34H38N2O5S. The Hall–Kier alpha value is -4.17. The van der Waals surface area contributed by atoms with Crippen molar-refractivity contribution in [3.8, 4) is 11.5 Å². The summed E-state index contributed by atoms with van der Waals surface area (Å²) in [4.78, 5) is 12.6. The summed E-state index contributed by atoms with van der Waals surface area (Å²) < 4.78 is 30.9. The summed E-state index contributed by atoms with van der Waals surface area (Å²) in [5.41, 5.74) is 5.43. The number of carbonyl (C=O) groups is 1. The predicted octanol–water partition coefficient (Wildman–Crippen LogP) is 6.99. The average Bonchev–Trinajstić information content (AvgIpc) is 2.91. The topological polar surface area (TPSA) is 105 Å². The van der Waals surface area contributed by atoms with Crippen LogP contribution in [0.2, 0.25) is 0 Å². The third-order valence-corrected chi connectivity index (χ3v) is 8.17. The smallest absolute Gasteiger partial charge is 0.339 e. The molecule has 0 unspecified atom stereocenters. The normalized spacial score (nSPS) is 12.5. The number of rotatable bonds is 8. The third kappa shape index (κ3) is 7.56. The van der Waals surface area contributed by atoms with Gasteiger partial charge in [0.05, 0.1) is 6.21 Å². The molecule has 0 radical (unpaired) electrons. The van der Waals surface area contributed by atoms with Crippen molar-refractivity contribution in [3.05, 3.63) is 101 Å². The van der Waals surface area contributed by atoms with Crippen LogP contribution in [-0.2, 0) is 32.2 Å². The molecule has 0 aromatic heterocycles. The lowest BCUT2D eigenvalue weighted by Crippen LogP contribution is -2.20. The van der Waals surface area contributed by atoms with E-state index in [-0.39, 0.29) is 33.8 Å². The van der Waals surface area contributed by atoms with Gasteiger partial charge in [0.2, 0.25) is 5.91 Å². The number of amides is 1. The van der Waals surface area contributed by atoms with E-state index in [0.29, 0.717) is 17.7 Å². The minimum Gasteiger partial charge on any atom is -0.507 e. The SMILES string of the molecule is CC(C)(C)c1cc(CCC(=O)N/N=C\c2ccc(OS(=O)(=O)c3ccc4ccccc4c3)cc2)cc(C(C)(C)C)c1O.